The number of alkyl halides is 3. The number of benzene rings is 2. The van der Waals surface area contributed by atoms with E-state index < -0.39 is 6.36 Å². The van der Waals surface area contributed by atoms with E-state index in [0.29, 0.717) is 28.5 Å². The van der Waals surface area contributed by atoms with Gasteiger partial charge in [0, 0.05) is 30.7 Å². The minimum Gasteiger partial charge on any atom is -0.493 e. The second kappa shape index (κ2) is 9.12. The number of nitrogens with zero attached hydrogens (tertiary/aromatic N) is 3. The predicted octanol–water partition coefficient (Wildman–Crippen LogP) is 4.18. The molecule has 9 nitrogen and oxygen atoms in total. The van der Waals surface area contributed by atoms with Crippen LogP contribution in [0.1, 0.15) is 18.2 Å². The maximum absolute atomic E-state index is 12.8. The maximum atomic E-state index is 12.8. The van der Waals surface area contributed by atoms with Crippen LogP contribution in [-0.2, 0) is 4.79 Å². The molecule has 1 amide bonds. The molecule has 0 saturated carbocycles. The topological polar surface area (TPSA) is 96.2 Å². The fraction of sp³-hybridized carbons (Fsp3) is 0.318. The molecular formula is C22H20F3N3O6. The van der Waals surface area contributed by atoms with Crippen LogP contribution in [0.25, 0.3) is 11.4 Å². The summed E-state index contributed by atoms with van der Waals surface area (Å²) in [6.07, 6.45) is -4.64. The standard InChI is InChI=1S/C22H20F3N3O6/c1-30-16-9-14(10-17(31-2)19(16)32-3)28-11-13(8-18(28)29)21-26-20(27-34-21)12-4-6-15(7-5-12)33-22(23,24)25/h4-7,9-10,13H,8,11H2,1-3H3. The van der Waals surface area contributed by atoms with Crippen molar-refractivity contribution >= 4 is 11.6 Å². The van der Waals surface area contributed by atoms with Crippen LogP contribution in [-0.4, -0.2) is 50.3 Å². The quantitative estimate of drug-likeness (QED) is 0.498. The van der Waals surface area contributed by atoms with Crippen molar-refractivity contribution in [2.75, 3.05) is 32.8 Å². The molecule has 1 atom stereocenters. The van der Waals surface area contributed by atoms with Crippen molar-refractivity contribution in [3.8, 4) is 34.4 Å². The fourth-order valence-corrected chi connectivity index (χ4v) is 3.67. The van der Waals surface area contributed by atoms with Crippen molar-refractivity contribution in [3.05, 3.63) is 42.3 Å². The Labute approximate surface area is 192 Å². The molecule has 0 N–H and O–H groups in total. The van der Waals surface area contributed by atoms with Crippen LogP contribution in [0.5, 0.6) is 23.0 Å². The first kappa shape index (κ1) is 23.2. The molecule has 1 fully saturated rings. The SMILES string of the molecule is COc1cc(N2CC(c3nc(-c4ccc(OC(F)(F)F)cc4)no3)CC2=O)cc(OC)c1OC. The number of anilines is 1. The highest BCUT2D eigenvalue weighted by molar-refractivity contribution is 5.97. The summed E-state index contributed by atoms with van der Waals surface area (Å²) in [5, 5.41) is 3.90. The van der Waals surface area contributed by atoms with E-state index in [-0.39, 0.29) is 42.3 Å². The smallest absolute Gasteiger partial charge is 0.493 e. The lowest BCUT2D eigenvalue weighted by atomic mass is 10.1. The first-order chi connectivity index (χ1) is 16.2. The Morgan fingerprint density at radius 3 is 2.24 bits per heavy atom. The van der Waals surface area contributed by atoms with E-state index in [1.807, 2.05) is 0 Å². The zero-order chi connectivity index (χ0) is 24.5. The first-order valence-electron chi connectivity index (χ1n) is 10.0. The van der Waals surface area contributed by atoms with E-state index in [1.165, 1.54) is 33.5 Å². The van der Waals surface area contributed by atoms with Crippen LogP contribution < -0.4 is 23.8 Å². The van der Waals surface area contributed by atoms with Crippen LogP contribution in [0, 0.1) is 0 Å². The Balaban J connectivity index is 1.52. The summed E-state index contributed by atoms with van der Waals surface area (Å²) in [7, 11) is 4.45. The summed E-state index contributed by atoms with van der Waals surface area (Å²) in [5.74, 6) is 0.763. The Hall–Kier alpha value is -3.96. The summed E-state index contributed by atoms with van der Waals surface area (Å²) < 4.78 is 62.3. The number of carbonyl (C=O) groups is 1. The Morgan fingerprint density at radius 1 is 1.03 bits per heavy atom. The zero-order valence-corrected chi connectivity index (χ0v) is 18.4. The minimum atomic E-state index is -4.78. The molecule has 0 aliphatic carbocycles. The van der Waals surface area contributed by atoms with Crippen molar-refractivity contribution in [2.45, 2.75) is 18.7 Å². The van der Waals surface area contributed by atoms with Crippen LogP contribution in [0.3, 0.4) is 0 Å². The van der Waals surface area contributed by atoms with Gasteiger partial charge in [-0.1, -0.05) is 5.16 Å². The number of hydrogen-bond donors (Lipinski definition) is 0. The number of amides is 1. The van der Waals surface area contributed by atoms with E-state index >= 15 is 0 Å². The van der Waals surface area contributed by atoms with Gasteiger partial charge in [0.1, 0.15) is 5.75 Å². The van der Waals surface area contributed by atoms with Gasteiger partial charge in [0.05, 0.1) is 32.9 Å². The Morgan fingerprint density at radius 2 is 1.68 bits per heavy atom. The molecule has 0 spiro atoms. The van der Waals surface area contributed by atoms with Gasteiger partial charge in [0.15, 0.2) is 11.5 Å². The van der Waals surface area contributed by atoms with Crippen LogP contribution in [0.15, 0.2) is 40.9 Å². The average Bonchev–Trinajstić information content (AvgIpc) is 3.44. The summed E-state index contributed by atoms with van der Waals surface area (Å²) in [4.78, 5) is 18.7. The third-order valence-corrected chi connectivity index (χ3v) is 5.22. The highest BCUT2D eigenvalue weighted by Crippen LogP contribution is 2.43. The molecule has 1 aliphatic heterocycles. The van der Waals surface area contributed by atoms with Gasteiger partial charge in [-0.05, 0) is 24.3 Å². The summed E-state index contributed by atoms with van der Waals surface area (Å²) >= 11 is 0. The second-order valence-electron chi connectivity index (χ2n) is 7.32. The predicted molar refractivity (Wildman–Crippen MR) is 112 cm³/mol. The molecular weight excluding hydrogens is 459 g/mol. The van der Waals surface area contributed by atoms with Gasteiger partial charge in [0.25, 0.3) is 0 Å². The van der Waals surface area contributed by atoms with E-state index in [4.69, 9.17) is 18.7 Å². The van der Waals surface area contributed by atoms with Crippen molar-refractivity contribution in [1.82, 2.24) is 10.1 Å². The lowest BCUT2D eigenvalue weighted by molar-refractivity contribution is -0.274. The summed E-state index contributed by atoms with van der Waals surface area (Å²) in [6.45, 7) is 0.275. The number of ether oxygens (including phenoxy) is 4. The summed E-state index contributed by atoms with van der Waals surface area (Å²) in [5.41, 5.74) is 0.998. The number of methoxy groups -OCH3 is 3. The molecule has 1 unspecified atom stereocenters. The molecule has 1 saturated heterocycles. The molecule has 34 heavy (non-hydrogen) atoms. The van der Waals surface area contributed by atoms with Crippen molar-refractivity contribution in [3.63, 3.8) is 0 Å². The monoisotopic (exact) mass is 479 g/mol. The number of rotatable bonds is 7. The van der Waals surface area contributed by atoms with Crippen LogP contribution in [0.2, 0.25) is 0 Å². The van der Waals surface area contributed by atoms with Crippen molar-refractivity contribution in [2.24, 2.45) is 0 Å². The molecule has 4 rings (SSSR count). The molecule has 180 valence electrons. The summed E-state index contributed by atoms with van der Waals surface area (Å²) in [6, 6.07) is 8.43. The number of aromatic nitrogens is 2. The Bertz CT molecular complexity index is 1150. The van der Waals surface area contributed by atoms with Gasteiger partial charge in [-0.15, -0.1) is 13.2 Å². The van der Waals surface area contributed by atoms with E-state index in [2.05, 4.69) is 14.9 Å². The molecule has 0 bridgehead atoms. The van der Waals surface area contributed by atoms with E-state index in [9.17, 15) is 18.0 Å². The van der Waals surface area contributed by atoms with Crippen molar-refractivity contribution < 1.29 is 41.4 Å². The maximum Gasteiger partial charge on any atom is 0.573 e. The number of carbonyl (C=O) groups excluding carboxylic acids is 1. The normalized spacial score (nSPS) is 16.0. The Kier molecular flexibility index (Phi) is 6.22. The first-order valence-corrected chi connectivity index (χ1v) is 10.0. The molecule has 12 heteroatoms. The fourth-order valence-electron chi connectivity index (χ4n) is 3.67. The third kappa shape index (κ3) is 4.70. The molecule has 1 aliphatic rings. The lowest BCUT2D eigenvalue weighted by Crippen LogP contribution is -2.24. The minimum absolute atomic E-state index is 0.136. The van der Waals surface area contributed by atoms with Gasteiger partial charge < -0.3 is 28.4 Å². The molecule has 2 heterocycles. The molecule has 0 radical (unpaired) electrons. The van der Waals surface area contributed by atoms with Gasteiger partial charge in [0.2, 0.25) is 23.4 Å². The largest absolute Gasteiger partial charge is 0.573 e. The molecule has 2 aromatic carbocycles. The molecule has 3 aromatic rings. The number of hydrogen-bond acceptors (Lipinski definition) is 8. The highest BCUT2D eigenvalue weighted by atomic mass is 19.4. The lowest BCUT2D eigenvalue weighted by Gasteiger charge is -2.20. The van der Waals surface area contributed by atoms with E-state index in [0.717, 1.165) is 12.1 Å². The van der Waals surface area contributed by atoms with Gasteiger partial charge in [-0.25, -0.2) is 0 Å². The zero-order valence-electron chi connectivity index (χ0n) is 18.4. The van der Waals surface area contributed by atoms with Crippen LogP contribution in [0.4, 0.5) is 18.9 Å². The van der Waals surface area contributed by atoms with Gasteiger partial charge in [-0.3, -0.25) is 4.79 Å². The van der Waals surface area contributed by atoms with Crippen LogP contribution >= 0.6 is 0 Å². The van der Waals surface area contributed by atoms with Gasteiger partial charge >= 0.3 is 6.36 Å². The second-order valence-corrected chi connectivity index (χ2v) is 7.32. The number of halogens is 3. The van der Waals surface area contributed by atoms with E-state index in [1.54, 1.807) is 17.0 Å². The molecule has 1 aromatic heterocycles. The van der Waals surface area contributed by atoms with Gasteiger partial charge in [-0.2, -0.15) is 4.98 Å². The third-order valence-electron chi connectivity index (χ3n) is 5.22. The average molecular weight is 479 g/mol. The van der Waals surface area contributed by atoms with Crippen molar-refractivity contribution in [1.29, 1.82) is 0 Å². The highest BCUT2D eigenvalue weighted by Gasteiger charge is 2.36.